The van der Waals surface area contributed by atoms with Crippen LogP contribution in [0.4, 0.5) is 5.69 Å². The van der Waals surface area contributed by atoms with Crippen LogP contribution in [0.5, 0.6) is 5.75 Å². The molecule has 0 saturated carbocycles. The smallest absolute Gasteiger partial charge is 0.262 e. The molecule has 20 heavy (non-hydrogen) atoms. The Hall–Kier alpha value is -2.36. The van der Waals surface area contributed by atoms with Gasteiger partial charge in [0, 0.05) is 11.8 Å². The number of pyridine rings is 1. The fourth-order valence-electron chi connectivity index (χ4n) is 2.20. The van der Waals surface area contributed by atoms with E-state index in [2.05, 4.69) is 30.2 Å². The average molecular weight is 268 g/mol. The van der Waals surface area contributed by atoms with Crippen LogP contribution >= 0.6 is 0 Å². The second-order valence-electron chi connectivity index (χ2n) is 5.18. The number of benzene rings is 1. The van der Waals surface area contributed by atoms with Crippen molar-refractivity contribution in [1.29, 1.82) is 0 Å². The predicted octanol–water partition coefficient (Wildman–Crippen LogP) is 3.20. The van der Waals surface area contributed by atoms with Gasteiger partial charge in [-0.15, -0.1) is 0 Å². The number of amides is 1. The number of anilines is 1. The number of carbonyl (C=O) groups is 1. The topological polar surface area (TPSA) is 51.2 Å². The van der Waals surface area contributed by atoms with Gasteiger partial charge < -0.3 is 10.1 Å². The number of hydrogen-bond donors (Lipinski definition) is 1. The molecular formula is C16H16N2O2. The summed E-state index contributed by atoms with van der Waals surface area (Å²) in [4.78, 5) is 15.7. The Bertz CT molecular complexity index is 665. The van der Waals surface area contributed by atoms with Gasteiger partial charge >= 0.3 is 0 Å². The Labute approximate surface area is 117 Å². The molecule has 1 aromatic carbocycles. The van der Waals surface area contributed by atoms with E-state index < -0.39 is 0 Å². The number of hydrogen-bond acceptors (Lipinski definition) is 3. The monoisotopic (exact) mass is 268 g/mol. The highest BCUT2D eigenvalue weighted by Gasteiger charge is 2.16. The summed E-state index contributed by atoms with van der Waals surface area (Å²) < 4.78 is 5.44. The van der Waals surface area contributed by atoms with Crippen LogP contribution in [-0.2, 0) is 4.79 Å². The molecule has 0 spiro atoms. The molecule has 4 heteroatoms. The average Bonchev–Trinajstić information content (AvgIpc) is 2.47. The summed E-state index contributed by atoms with van der Waals surface area (Å²) in [5.74, 6) is 1.04. The minimum absolute atomic E-state index is 0.0654. The quantitative estimate of drug-likeness (QED) is 0.910. The van der Waals surface area contributed by atoms with E-state index in [1.54, 1.807) is 0 Å². The summed E-state index contributed by atoms with van der Waals surface area (Å²) >= 11 is 0. The molecule has 1 aromatic heterocycles. The Morgan fingerprint density at radius 1 is 1.25 bits per heavy atom. The number of carbonyl (C=O) groups excluding carboxylic acids is 1. The van der Waals surface area contributed by atoms with Crippen LogP contribution in [0, 0.1) is 0 Å². The molecule has 0 radical (unpaired) electrons. The van der Waals surface area contributed by atoms with Crippen molar-refractivity contribution in [3.05, 3.63) is 42.1 Å². The lowest BCUT2D eigenvalue weighted by molar-refractivity contribution is -0.118. The molecule has 0 aliphatic carbocycles. The van der Waals surface area contributed by atoms with Gasteiger partial charge in [-0.1, -0.05) is 19.9 Å². The molecule has 1 aliphatic rings. The summed E-state index contributed by atoms with van der Waals surface area (Å²) in [7, 11) is 0. The first-order chi connectivity index (χ1) is 9.63. The van der Waals surface area contributed by atoms with Crippen LogP contribution in [-0.4, -0.2) is 17.5 Å². The van der Waals surface area contributed by atoms with Crippen molar-refractivity contribution >= 4 is 11.6 Å². The standard InChI is InChI=1S/C16H16N2O2/c1-10(2)11-5-6-17-14(7-11)12-3-4-13-15(8-12)20-9-16(19)18-13/h3-8,10H,9H2,1-2H3,(H,18,19). The van der Waals surface area contributed by atoms with Crippen LogP contribution < -0.4 is 10.1 Å². The van der Waals surface area contributed by atoms with Crippen LogP contribution in [0.25, 0.3) is 11.3 Å². The van der Waals surface area contributed by atoms with E-state index in [4.69, 9.17) is 4.74 Å². The number of aromatic nitrogens is 1. The first kappa shape index (κ1) is 12.7. The van der Waals surface area contributed by atoms with Crippen molar-refractivity contribution in [3.63, 3.8) is 0 Å². The molecule has 102 valence electrons. The lowest BCUT2D eigenvalue weighted by Crippen LogP contribution is -2.25. The predicted molar refractivity (Wildman–Crippen MR) is 77.9 cm³/mol. The fraction of sp³-hybridized carbons (Fsp3) is 0.250. The molecule has 0 atom stereocenters. The van der Waals surface area contributed by atoms with Crippen LogP contribution in [0.3, 0.4) is 0 Å². The van der Waals surface area contributed by atoms with E-state index >= 15 is 0 Å². The number of ether oxygens (including phenoxy) is 1. The van der Waals surface area contributed by atoms with Crippen LogP contribution in [0.15, 0.2) is 36.5 Å². The first-order valence-corrected chi connectivity index (χ1v) is 6.66. The lowest BCUT2D eigenvalue weighted by Gasteiger charge is -2.18. The summed E-state index contributed by atoms with van der Waals surface area (Å²) in [5, 5.41) is 2.78. The van der Waals surface area contributed by atoms with Gasteiger partial charge in [0.2, 0.25) is 0 Å². The molecule has 0 fully saturated rings. The molecule has 0 saturated heterocycles. The maximum Gasteiger partial charge on any atom is 0.262 e. The van der Waals surface area contributed by atoms with Crippen LogP contribution in [0.2, 0.25) is 0 Å². The molecule has 1 N–H and O–H groups in total. The van der Waals surface area contributed by atoms with Crippen molar-refractivity contribution < 1.29 is 9.53 Å². The van der Waals surface area contributed by atoms with Crippen molar-refractivity contribution in [3.8, 4) is 17.0 Å². The lowest BCUT2D eigenvalue weighted by atomic mass is 10.0. The first-order valence-electron chi connectivity index (χ1n) is 6.66. The normalized spacial score (nSPS) is 13.7. The summed E-state index contributed by atoms with van der Waals surface area (Å²) in [5.41, 5.74) is 3.87. The second-order valence-corrected chi connectivity index (χ2v) is 5.18. The SMILES string of the molecule is CC(C)c1ccnc(-c2ccc3c(c2)OCC(=O)N3)c1. The van der Waals surface area contributed by atoms with E-state index in [0.717, 1.165) is 11.3 Å². The number of fused-ring (bicyclic) bond motifs is 1. The Kier molecular flexibility index (Phi) is 3.14. The molecule has 0 bridgehead atoms. The second kappa shape index (κ2) is 4.96. The highest BCUT2D eigenvalue weighted by molar-refractivity contribution is 5.95. The third-order valence-electron chi connectivity index (χ3n) is 3.36. The molecule has 2 aromatic rings. The summed E-state index contributed by atoms with van der Waals surface area (Å²) in [6.45, 7) is 4.38. The van der Waals surface area contributed by atoms with Gasteiger partial charge in [0.15, 0.2) is 6.61 Å². The van der Waals surface area contributed by atoms with Crippen molar-refractivity contribution in [2.75, 3.05) is 11.9 Å². The fourth-order valence-corrected chi connectivity index (χ4v) is 2.20. The van der Waals surface area contributed by atoms with Gasteiger partial charge in [0.05, 0.1) is 11.4 Å². The third kappa shape index (κ3) is 2.37. The van der Waals surface area contributed by atoms with E-state index in [1.807, 2.05) is 30.5 Å². The van der Waals surface area contributed by atoms with E-state index in [1.165, 1.54) is 5.56 Å². The summed E-state index contributed by atoms with van der Waals surface area (Å²) in [6.07, 6.45) is 1.83. The molecule has 4 nitrogen and oxygen atoms in total. The largest absolute Gasteiger partial charge is 0.482 e. The van der Waals surface area contributed by atoms with Gasteiger partial charge in [-0.2, -0.15) is 0 Å². The van der Waals surface area contributed by atoms with Gasteiger partial charge in [0.25, 0.3) is 5.91 Å². The molecule has 2 heterocycles. The van der Waals surface area contributed by atoms with Crippen LogP contribution in [0.1, 0.15) is 25.3 Å². The Morgan fingerprint density at radius 2 is 2.10 bits per heavy atom. The maximum absolute atomic E-state index is 11.3. The van der Waals surface area contributed by atoms with Gasteiger partial charge in [-0.05, 0) is 35.7 Å². The Balaban J connectivity index is 1.99. The van der Waals surface area contributed by atoms with Gasteiger partial charge in [-0.25, -0.2) is 0 Å². The molecule has 0 unspecified atom stereocenters. The highest BCUT2D eigenvalue weighted by atomic mass is 16.5. The number of nitrogens with one attached hydrogen (secondary N) is 1. The highest BCUT2D eigenvalue weighted by Crippen LogP contribution is 2.32. The maximum atomic E-state index is 11.3. The van der Waals surface area contributed by atoms with Crippen molar-refractivity contribution in [2.45, 2.75) is 19.8 Å². The minimum Gasteiger partial charge on any atom is -0.482 e. The van der Waals surface area contributed by atoms with Crippen molar-refractivity contribution in [1.82, 2.24) is 4.98 Å². The molecular weight excluding hydrogens is 252 g/mol. The van der Waals surface area contributed by atoms with E-state index in [-0.39, 0.29) is 12.5 Å². The zero-order valence-corrected chi connectivity index (χ0v) is 11.5. The molecule has 1 amide bonds. The zero-order chi connectivity index (χ0) is 14.1. The van der Waals surface area contributed by atoms with Gasteiger partial charge in [-0.3, -0.25) is 9.78 Å². The molecule has 3 rings (SSSR count). The molecule has 1 aliphatic heterocycles. The number of rotatable bonds is 2. The van der Waals surface area contributed by atoms with E-state index in [0.29, 0.717) is 17.4 Å². The zero-order valence-electron chi connectivity index (χ0n) is 11.5. The minimum atomic E-state index is -0.120. The van der Waals surface area contributed by atoms with E-state index in [9.17, 15) is 4.79 Å². The summed E-state index contributed by atoms with van der Waals surface area (Å²) in [6, 6.07) is 9.84. The number of nitrogens with zero attached hydrogens (tertiary/aromatic N) is 1. The Morgan fingerprint density at radius 3 is 2.90 bits per heavy atom. The van der Waals surface area contributed by atoms with Crippen molar-refractivity contribution in [2.24, 2.45) is 0 Å². The third-order valence-corrected chi connectivity index (χ3v) is 3.36. The van der Waals surface area contributed by atoms with Gasteiger partial charge in [0.1, 0.15) is 5.75 Å².